The first-order valence-electron chi connectivity index (χ1n) is 11.5. The quantitative estimate of drug-likeness (QED) is 0.693. The Morgan fingerprint density at radius 2 is 1.90 bits per heavy atom. The lowest BCUT2D eigenvalue weighted by molar-refractivity contribution is -0.144. The molecule has 1 N–H and O–H groups in total. The minimum absolute atomic E-state index is 0.0343. The van der Waals surface area contributed by atoms with Gasteiger partial charge in [-0.25, -0.2) is 0 Å². The topological polar surface area (TPSA) is 106 Å². The molecular weight excluding hydrogens is 396 g/mol. The standard InChI is InChI=1S/C22H32N6O3/c1-3-18(22(30)23-16-8-4-5-9-16)28(17-10-6-7-11-17)20(29)14-27-25-21(24-26-27)19-13-12-15(2)31-19/h12-13,16-18H,3-11,14H2,1-2H3,(H,23,30). The summed E-state index contributed by atoms with van der Waals surface area (Å²) in [5.41, 5.74) is 0. The SMILES string of the molecule is CCC(C(=O)NC1CCCC1)N(C(=O)Cn1nnc(-c2ccc(C)o2)n1)C1CCCC1. The molecule has 0 spiro atoms. The minimum Gasteiger partial charge on any atom is -0.458 e. The van der Waals surface area contributed by atoms with Gasteiger partial charge in [0.25, 0.3) is 0 Å². The number of aromatic nitrogens is 4. The molecule has 9 heteroatoms. The lowest BCUT2D eigenvalue weighted by atomic mass is 10.1. The average Bonchev–Trinajstić information content (AvgIpc) is 3.53. The number of rotatable bonds is 8. The Kier molecular flexibility index (Phi) is 6.67. The smallest absolute Gasteiger partial charge is 0.247 e. The monoisotopic (exact) mass is 428 g/mol. The first-order valence-corrected chi connectivity index (χ1v) is 11.5. The molecular formula is C22H32N6O3. The number of hydrogen-bond acceptors (Lipinski definition) is 6. The van der Waals surface area contributed by atoms with Gasteiger partial charge >= 0.3 is 0 Å². The second-order valence-corrected chi connectivity index (χ2v) is 8.71. The van der Waals surface area contributed by atoms with Crippen LogP contribution in [0.5, 0.6) is 0 Å². The van der Waals surface area contributed by atoms with Crippen LogP contribution in [0.2, 0.25) is 0 Å². The first kappa shape index (κ1) is 21.5. The van der Waals surface area contributed by atoms with Crippen molar-refractivity contribution < 1.29 is 14.0 Å². The van der Waals surface area contributed by atoms with Crippen LogP contribution in [0.1, 0.15) is 70.5 Å². The van der Waals surface area contributed by atoms with Crippen molar-refractivity contribution in [2.75, 3.05) is 0 Å². The number of amides is 2. The highest BCUT2D eigenvalue weighted by atomic mass is 16.3. The van der Waals surface area contributed by atoms with Crippen LogP contribution < -0.4 is 5.32 Å². The highest BCUT2D eigenvalue weighted by Crippen LogP contribution is 2.27. The summed E-state index contributed by atoms with van der Waals surface area (Å²) >= 11 is 0. The zero-order valence-electron chi connectivity index (χ0n) is 18.4. The van der Waals surface area contributed by atoms with E-state index in [0.29, 0.717) is 18.0 Å². The van der Waals surface area contributed by atoms with Crippen LogP contribution in [-0.4, -0.2) is 55.0 Å². The Morgan fingerprint density at radius 1 is 1.19 bits per heavy atom. The van der Waals surface area contributed by atoms with E-state index in [1.165, 1.54) is 4.80 Å². The molecule has 0 aliphatic heterocycles. The summed E-state index contributed by atoms with van der Waals surface area (Å²) in [6.45, 7) is 3.77. The number of tetrazole rings is 1. The minimum atomic E-state index is -0.466. The van der Waals surface area contributed by atoms with E-state index in [9.17, 15) is 9.59 Å². The van der Waals surface area contributed by atoms with Crippen LogP contribution in [-0.2, 0) is 16.1 Å². The number of aryl methyl sites for hydroxylation is 1. The van der Waals surface area contributed by atoms with Crippen molar-refractivity contribution in [2.24, 2.45) is 0 Å². The van der Waals surface area contributed by atoms with Crippen LogP contribution in [0.15, 0.2) is 16.5 Å². The number of furan rings is 1. The third kappa shape index (κ3) is 4.97. The van der Waals surface area contributed by atoms with E-state index in [-0.39, 0.29) is 30.4 Å². The van der Waals surface area contributed by atoms with Gasteiger partial charge in [0.2, 0.25) is 17.6 Å². The highest BCUT2D eigenvalue weighted by molar-refractivity contribution is 5.88. The molecule has 2 saturated carbocycles. The summed E-state index contributed by atoms with van der Waals surface area (Å²) in [5, 5.41) is 15.5. The van der Waals surface area contributed by atoms with Crippen LogP contribution in [0.4, 0.5) is 0 Å². The van der Waals surface area contributed by atoms with E-state index < -0.39 is 6.04 Å². The van der Waals surface area contributed by atoms with Crippen LogP contribution >= 0.6 is 0 Å². The van der Waals surface area contributed by atoms with Crippen molar-refractivity contribution in [3.05, 3.63) is 17.9 Å². The number of nitrogens with one attached hydrogen (secondary N) is 1. The lowest BCUT2D eigenvalue weighted by Crippen LogP contribution is -2.55. The molecule has 168 valence electrons. The molecule has 2 aromatic heterocycles. The van der Waals surface area contributed by atoms with Gasteiger partial charge in [-0.05, 0) is 56.4 Å². The van der Waals surface area contributed by atoms with Gasteiger partial charge in [0.1, 0.15) is 18.3 Å². The number of carbonyl (C=O) groups excluding carboxylic acids is 2. The van der Waals surface area contributed by atoms with Crippen molar-refractivity contribution in [3.63, 3.8) is 0 Å². The summed E-state index contributed by atoms with van der Waals surface area (Å²) in [5.74, 6) is 1.45. The van der Waals surface area contributed by atoms with Crippen molar-refractivity contribution in [1.29, 1.82) is 0 Å². The van der Waals surface area contributed by atoms with E-state index in [0.717, 1.165) is 57.1 Å². The Hall–Kier alpha value is -2.71. The maximum atomic E-state index is 13.4. The van der Waals surface area contributed by atoms with Crippen LogP contribution in [0.3, 0.4) is 0 Å². The lowest BCUT2D eigenvalue weighted by Gasteiger charge is -2.35. The Labute approximate surface area is 182 Å². The molecule has 2 aliphatic carbocycles. The predicted octanol–water partition coefficient (Wildman–Crippen LogP) is 2.85. The van der Waals surface area contributed by atoms with E-state index in [1.54, 1.807) is 11.0 Å². The Bertz CT molecular complexity index is 895. The van der Waals surface area contributed by atoms with Gasteiger partial charge in [-0.1, -0.05) is 32.6 Å². The molecule has 1 unspecified atom stereocenters. The van der Waals surface area contributed by atoms with E-state index >= 15 is 0 Å². The average molecular weight is 429 g/mol. The third-order valence-corrected chi connectivity index (χ3v) is 6.42. The van der Waals surface area contributed by atoms with Crippen LogP contribution in [0.25, 0.3) is 11.6 Å². The Morgan fingerprint density at radius 3 is 2.55 bits per heavy atom. The molecule has 0 saturated heterocycles. The molecule has 1 atom stereocenters. The molecule has 31 heavy (non-hydrogen) atoms. The fourth-order valence-corrected chi connectivity index (χ4v) is 4.86. The van der Waals surface area contributed by atoms with Crippen molar-refractivity contribution in [2.45, 2.75) is 96.3 Å². The Balaban J connectivity index is 1.49. The zero-order valence-corrected chi connectivity index (χ0v) is 18.4. The fourth-order valence-electron chi connectivity index (χ4n) is 4.86. The van der Waals surface area contributed by atoms with Crippen LogP contribution in [0, 0.1) is 6.92 Å². The summed E-state index contributed by atoms with van der Waals surface area (Å²) in [4.78, 5) is 29.6. The van der Waals surface area contributed by atoms with Gasteiger partial charge < -0.3 is 14.6 Å². The number of hydrogen-bond donors (Lipinski definition) is 1. The molecule has 4 rings (SSSR count). The van der Waals surface area contributed by atoms with Gasteiger partial charge in [0.15, 0.2) is 5.76 Å². The van der Waals surface area contributed by atoms with E-state index in [2.05, 4.69) is 20.7 Å². The summed E-state index contributed by atoms with van der Waals surface area (Å²) < 4.78 is 5.54. The van der Waals surface area contributed by atoms with Gasteiger partial charge in [-0.15, -0.1) is 10.2 Å². The summed E-state index contributed by atoms with van der Waals surface area (Å²) in [6, 6.07) is 3.47. The molecule has 2 amide bonds. The van der Waals surface area contributed by atoms with E-state index in [4.69, 9.17) is 4.42 Å². The number of nitrogens with zero attached hydrogens (tertiary/aromatic N) is 5. The normalized spacial score (nSPS) is 18.4. The largest absolute Gasteiger partial charge is 0.458 e. The maximum Gasteiger partial charge on any atom is 0.247 e. The second kappa shape index (κ2) is 9.62. The van der Waals surface area contributed by atoms with Gasteiger partial charge in [0, 0.05) is 12.1 Å². The molecule has 2 aromatic rings. The van der Waals surface area contributed by atoms with Crippen molar-refractivity contribution in [3.8, 4) is 11.6 Å². The molecule has 0 bridgehead atoms. The maximum absolute atomic E-state index is 13.4. The van der Waals surface area contributed by atoms with Crippen molar-refractivity contribution >= 4 is 11.8 Å². The molecule has 2 heterocycles. The molecule has 9 nitrogen and oxygen atoms in total. The van der Waals surface area contributed by atoms with Gasteiger partial charge in [-0.3, -0.25) is 9.59 Å². The second-order valence-electron chi connectivity index (χ2n) is 8.71. The third-order valence-electron chi connectivity index (χ3n) is 6.42. The zero-order chi connectivity index (χ0) is 21.8. The first-order chi connectivity index (χ1) is 15.0. The summed E-state index contributed by atoms with van der Waals surface area (Å²) in [7, 11) is 0. The van der Waals surface area contributed by atoms with Gasteiger partial charge in [-0.2, -0.15) is 4.80 Å². The predicted molar refractivity (Wildman–Crippen MR) is 114 cm³/mol. The number of carbonyl (C=O) groups is 2. The fraction of sp³-hybridized carbons (Fsp3) is 0.682. The highest BCUT2D eigenvalue weighted by Gasteiger charge is 2.36. The molecule has 2 aliphatic rings. The van der Waals surface area contributed by atoms with E-state index in [1.807, 2.05) is 19.9 Å². The van der Waals surface area contributed by atoms with Gasteiger partial charge in [0.05, 0.1) is 0 Å². The molecule has 0 radical (unpaired) electrons. The molecule has 2 fully saturated rings. The molecule has 0 aromatic carbocycles. The summed E-state index contributed by atoms with van der Waals surface area (Å²) in [6.07, 6.45) is 8.97. The van der Waals surface area contributed by atoms with Crippen molar-refractivity contribution in [1.82, 2.24) is 30.4 Å².